The highest BCUT2D eigenvalue weighted by molar-refractivity contribution is 5.31. The maximum Gasteiger partial charge on any atom is 0.220 e. The van der Waals surface area contributed by atoms with Crippen LogP contribution in [0.25, 0.3) is 0 Å². The monoisotopic (exact) mass is 170 g/mol. The van der Waals surface area contributed by atoms with Crippen LogP contribution in [0.15, 0.2) is 24.1 Å². The van der Waals surface area contributed by atoms with Crippen molar-refractivity contribution in [1.82, 2.24) is 0 Å². The summed E-state index contributed by atoms with van der Waals surface area (Å²) in [7, 11) is 0. The fourth-order valence-corrected chi connectivity index (χ4v) is 1.27. The molecule has 1 heterocycles. The highest BCUT2D eigenvalue weighted by atomic mass is 19.1. The van der Waals surface area contributed by atoms with E-state index in [4.69, 9.17) is 9.47 Å². The Balaban J connectivity index is 1.98. The molecule has 1 aliphatic heterocycles. The topological polar surface area (TPSA) is 21.8 Å². The zero-order chi connectivity index (χ0) is 8.60. The molecule has 0 aromatic heterocycles. The lowest BCUT2D eigenvalue weighted by molar-refractivity contribution is -0.00777. The number of halogens is 1. The smallest absolute Gasteiger partial charge is 0.220 e. The first kappa shape index (κ1) is 7.95. The predicted molar refractivity (Wildman–Crippen MR) is 42.2 cm³/mol. The molecule has 1 saturated heterocycles. The van der Waals surface area contributed by atoms with Crippen LogP contribution >= 0.6 is 0 Å². The van der Waals surface area contributed by atoms with Crippen LogP contribution in [0, 0.1) is 0 Å². The first-order chi connectivity index (χ1) is 5.77. The minimum absolute atomic E-state index is 0.200. The van der Waals surface area contributed by atoms with Gasteiger partial charge in [0.25, 0.3) is 0 Å². The molecule has 0 amide bonds. The minimum atomic E-state index is -0.619. The first-order valence-electron chi connectivity index (χ1n) is 4.15. The Morgan fingerprint density at radius 1 is 1.75 bits per heavy atom. The van der Waals surface area contributed by atoms with Crippen molar-refractivity contribution < 1.29 is 13.9 Å². The van der Waals surface area contributed by atoms with Crippen molar-refractivity contribution in [1.29, 1.82) is 0 Å². The molecule has 2 rings (SSSR count). The van der Waals surface area contributed by atoms with Crippen molar-refractivity contribution in [2.75, 3.05) is 6.61 Å². The van der Waals surface area contributed by atoms with Crippen molar-refractivity contribution in [3.05, 3.63) is 24.1 Å². The molecule has 0 aromatic rings. The zero-order valence-electron chi connectivity index (χ0n) is 6.92. The number of rotatable bonds is 3. The molecule has 0 saturated carbocycles. The van der Waals surface area contributed by atoms with Gasteiger partial charge in [-0.05, 0) is 24.6 Å². The van der Waals surface area contributed by atoms with Crippen molar-refractivity contribution in [3.8, 4) is 0 Å². The third-order valence-corrected chi connectivity index (χ3v) is 1.97. The molecule has 0 aromatic carbocycles. The van der Waals surface area contributed by atoms with E-state index in [9.17, 15) is 4.39 Å². The van der Waals surface area contributed by atoms with Gasteiger partial charge in [-0.15, -0.1) is 0 Å². The normalized spacial score (nSPS) is 37.5. The van der Waals surface area contributed by atoms with Crippen molar-refractivity contribution in [3.63, 3.8) is 0 Å². The lowest BCUT2D eigenvalue weighted by atomic mass is 10.1. The highest BCUT2D eigenvalue weighted by Gasteiger charge is 2.56. The van der Waals surface area contributed by atoms with E-state index in [2.05, 4.69) is 0 Å². The molecule has 3 heteroatoms. The molecule has 2 atom stereocenters. The number of epoxide rings is 1. The Morgan fingerprint density at radius 2 is 2.58 bits per heavy atom. The average molecular weight is 170 g/mol. The summed E-state index contributed by atoms with van der Waals surface area (Å²) in [6.07, 6.45) is 5.21. The maximum absolute atomic E-state index is 12.6. The fraction of sp³-hybridized carbons (Fsp3) is 0.556. The van der Waals surface area contributed by atoms with E-state index in [-0.39, 0.29) is 11.9 Å². The Morgan fingerprint density at radius 3 is 3.25 bits per heavy atom. The Kier molecular flexibility index (Phi) is 1.77. The third kappa shape index (κ3) is 1.19. The Bertz CT molecular complexity index is 247. The van der Waals surface area contributed by atoms with E-state index >= 15 is 0 Å². The number of hydrogen-bond donors (Lipinski definition) is 0. The van der Waals surface area contributed by atoms with Gasteiger partial charge in [-0.1, -0.05) is 6.92 Å². The molecule has 2 nitrogen and oxygen atoms in total. The van der Waals surface area contributed by atoms with Crippen LogP contribution in [0.4, 0.5) is 4.39 Å². The van der Waals surface area contributed by atoms with E-state index in [1.165, 1.54) is 12.2 Å². The lowest BCUT2D eigenvalue weighted by Crippen LogP contribution is -2.18. The number of allylic oxidation sites excluding steroid dienone is 2. The largest absolute Gasteiger partial charge is 0.344 e. The molecule has 66 valence electrons. The lowest BCUT2D eigenvalue weighted by Gasteiger charge is -2.09. The van der Waals surface area contributed by atoms with E-state index < -0.39 is 5.79 Å². The van der Waals surface area contributed by atoms with Gasteiger partial charge in [0.15, 0.2) is 0 Å². The molecule has 0 N–H and O–H groups in total. The maximum atomic E-state index is 12.6. The van der Waals surface area contributed by atoms with E-state index in [0.717, 1.165) is 6.42 Å². The van der Waals surface area contributed by atoms with Gasteiger partial charge >= 0.3 is 0 Å². The number of hydrogen-bond acceptors (Lipinski definition) is 2. The summed E-state index contributed by atoms with van der Waals surface area (Å²) >= 11 is 0. The molecular weight excluding hydrogens is 159 g/mol. The van der Waals surface area contributed by atoms with Crippen molar-refractivity contribution >= 4 is 0 Å². The third-order valence-electron chi connectivity index (χ3n) is 1.97. The van der Waals surface area contributed by atoms with Crippen LogP contribution in [0.1, 0.15) is 13.3 Å². The van der Waals surface area contributed by atoms with Crippen LogP contribution in [0.5, 0.6) is 0 Å². The average Bonchev–Trinajstić information content (AvgIpc) is 2.75. The second-order valence-corrected chi connectivity index (χ2v) is 2.99. The Labute approximate surface area is 70.7 Å². The van der Waals surface area contributed by atoms with Crippen molar-refractivity contribution in [2.45, 2.75) is 25.2 Å². The summed E-state index contributed by atoms with van der Waals surface area (Å²) in [5.41, 5.74) is 0. The van der Waals surface area contributed by atoms with Gasteiger partial charge in [0.2, 0.25) is 5.79 Å². The van der Waals surface area contributed by atoms with Gasteiger partial charge in [-0.25, -0.2) is 4.39 Å². The van der Waals surface area contributed by atoms with Crippen LogP contribution in [-0.2, 0) is 9.47 Å². The van der Waals surface area contributed by atoms with Crippen LogP contribution in [0.2, 0.25) is 0 Å². The molecular formula is C9H11FO2. The summed E-state index contributed by atoms with van der Waals surface area (Å²) in [4.78, 5) is 0. The minimum Gasteiger partial charge on any atom is -0.344 e. The van der Waals surface area contributed by atoms with Crippen LogP contribution in [-0.4, -0.2) is 18.5 Å². The van der Waals surface area contributed by atoms with E-state index in [1.807, 2.05) is 6.92 Å². The second kappa shape index (κ2) is 2.68. The fourth-order valence-electron chi connectivity index (χ4n) is 1.27. The first-order valence-corrected chi connectivity index (χ1v) is 4.15. The summed E-state index contributed by atoms with van der Waals surface area (Å²) in [6, 6.07) is 0. The van der Waals surface area contributed by atoms with Gasteiger partial charge in [0, 0.05) is 0 Å². The van der Waals surface area contributed by atoms with Gasteiger partial charge in [-0.2, -0.15) is 0 Å². The summed E-state index contributed by atoms with van der Waals surface area (Å²) in [5, 5.41) is 0. The van der Waals surface area contributed by atoms with Crippen molar-refractivity contribution in [2.24, 2.45) is 0 Å². The predicted octanol–water partition coefficient (Wildman–Crippen LogP) is 1.93. The highest BCUT2D eigenvalue weighted by Crippen LogP contribution is 2.43. The molecule has 0 spiro atoms. The number of ether oxygens (including phenoxy) is 2. The second-order valence-electron chi connectivity index (χ2n) is 2.99. The van der Waals surface area contributed by atoms with E-state index in [0.29, 0.717) is 6.61 Å². The molecule has 1 aliphatic carbocycles. The van der Waals surface area contributed by atoms with Gasteiger partial charge in [0.1, 0.15) is 11.9 Å². The molecule has 1 fully saturated rings. The molecule has 2 unspecified atom stereocenters. The molecule has 0 radical (unpaired) electrons. The van der Waals surface area contributed by atoms with Crippen LogP contribution in [0.3, 0.4) is 0 Å². The van der Waals surface area contributed by atoms with Crippen LogP contribution < -0.4 is 0 Å². The molecule has 2 aliphatic rings. The quantitative estimate of drug-likeness (QED) is 0.603. The molecule has 0 bridgehead atoms. The van der Waals surface area contributed by atoms with Gasteiger partial charge in [0.05, 0.1) is 6.61 Å². The SMILES string of the molecule is CCCOC12C=CC(F)=CC1O2. The number of fused-ring (bicyclic) bond motifs is 1. The Hall–Kier alpha value is -0.670. The van der Waals surface area contributed by atoms with Gasteiger partial charge < -0.3 is 9.47 Å². The van der Waals surface area contributed by atoms with Gasteiger partial charge in [-0.3, -0.25) is 0 Å². The summed E-state index contributed by atoms with van der Waals surface area (Å²) in [6.45, 7) is 2.67. The summed E-state index contributed by atoms with van der Waals surface area (Å²) in [5.74, 6) is -0.862. The standard InChI is InChI=1S/C9H11FO2/c1-2-5-11-9-4-3-7(10)6-8(9)12-9/h3-4,6,8H,2,5H2,1H3. The zero-order valence-corrected chi connectivity index (χ0v) is 6.92. The van der Waals surface area contributed by atoms with E-state index in [1.54, 1.807) is 6.08 Å². The molecule has 12 heavy (non-hydrogen) atoms. The summed E-state index contributed by atoms with van der Waals surface area (Å²) < 4.78 is 23.2.